The molecule has 0 aliphatic carbocycles. The number of nitrogen functional groups attached to an aromatic ring is 1. The summed E-state index contributed by atoms with van der Waals surface area (Å²) in [5, 5.41) is 8.73. The Morgan fingerprint density at radius 3 is 2.74 bits per heavy atom. The molecule has 6 nitrogen and oxygen atoms in total. The molecule has 1 aromatic rings. The van der Waals surface area contributed by atoms with Gasteiger partial charge in [0, 0.05) is 24.4 Å². The predicted molar refractivity (Wildman–Crippen MR) is 73.5 cm³/mol. The smallest absolute Gasteiger partial charge is 0.244 e. The summed E-state index contributed by atoms with van der Waals surface area (Å²) in [5.41, 5.74) is 6.02. The van der Waals surface area contributed by atoms with Crippen LogP contribution in [0.5, 0.6) is 5.75 Å². The molecule has 19 heavy (non-hydrogen) atoms. The van der Waals surface area contributed by atoms with Gasteiger partial charge in [0.2, 0.25) is 10.0 Å². The lowest BCUT2D eigenvalue weighted by Gasteiger charge is -2.15. The Morgan fingerprint density at radius 1 is 1.47 bits per heavy atom. The summed E-state index contributed by atoms with van der Waals surface area (Å²) in [6, 6.07) is 4.12. The third kappa shape index (κ3) is 4.38. The molecular weight excluding hydrogens is 268 g/mol. The molecule has 0 aliphatic heterocycles. The van der Waals surface area contributed by atoms with Crippen molar-refractivity contribution in [2.45, 2.75) is 30.7 Å². The van der Waals surface area contributed by atoms with Crippen molar-refractivity contribution >= 4 is 15.7 Å². The van der Waals surface area contributed by atoms with Crippen molar-refractivity contribution in [3.63, 3.8) is 0 Å². The Morgan fingerprint density at radius 2 is 2.16 bits per heavy atom. The number of nitrogens with two attached hydrogens (primary N) is 1. The maximum Gasteiger partial charge on any atom is 0.244 e. The molecule has 0 aromatic heterocycles. The van der Waals surface area contributed by atoms with Gasteiger partial charge in [0.25, 0.3) is 0 Å². The van der Waals surface area contributed by atoms with E-state index in [1.54, 1.807) is 6.92 Å². The number of methoxy groups -OCH3 is 1. The first kappa shape index (κ1) is 15.7. The summed E-state index contributed by atoms with van der Waals surface area (Å²) < 4.78 is 32.0. The fourth-order valence-corrected chi connectivity index (χ4v) is 3.12. The Balaban J connectivity index is 2.94. The minimum atomic E-state index is -3.66. The van der Waals surface area contributed by atoms with E-state index in [4.69, 9.17) is 15.6 Å². The maximum absolute atomic E-state index is 12.2. The molecular formula is C12H20N2O4S. The van der Waals surface area contributed by atoms with Gasteiger partial charge >= 0.3 is 0 Å². The zero-order valence-electron chi connectivity index (χ0n) is 11.1. The normalized spacial score (nSPS) is 13.2. The second-order valence-electron chi connectivity index (χ2n) is 4.30. The molecule has 1 unspecified atom stereocenters. The topological polar surface area (TPSA) is 102 Å². The van der Waals surface area contributed by atoms with Crippen molar-refractivity contribution < 1.29 is 18.3 Å². The zero-order valence-corrected chi connectivity index (χ0v) is 11.9. The summed E-state index contributed by atoms with van der Waals surface area (Å²) in [6.07, 6.45) is 1.11. The molecule has 0 saturated carbocycles. The highest BCUT2D eigenvalue weighted by Crippen LogP contribution is 2.26. The first-order valence-electron chi connectivity index (χ1n) is 5.97. The van der Waals surface area contributed by atoms with E-state index in [1.165, 1.54) is 25.3 Å². The highest BCUT2D eigenvalue weighted by Gasteiger charge is 2.21. The molecule has 1 atom stereocenters. The van der Waals surface area contributed by atoms with Crippen LogP contribution in [0.25, 0.3) is 0 Å². The van der Waals surface area contributed by atoms with E-state index < -0.39 is 10.0 Å². The fraction of sp³-hybridized carbons (Fsp3) is 0.500. The third-order valence-corrected chi connectivity index (χ3v) is 4.26. The lowest BCUT2D eigenvalue weighted by atomic mass is 10.2. The number of aliphatic hydroxyl groups is 1. The second-order valence-corrected chi connectivity index (χ2v) is 5.98. The van der Waals surface area contributed by atoms with Crippen molar-refractivity contribution in [1.29, 1.82) is 0 Å². The molecule has 0 fully saturated rings. The minimum absolute atomic E-state index is 0.0389. The van der Waals surface area contributed by atoms with Crippen LogP contribution in [-0.2, 0) is 10.0 Å². The minimum Gasteiger partial charge on any atom is -0.495 e. The highest BCUT2D eigenvalue weighted by atomic mass is 32.2. The second kappa shape index (κ2) is 6.74. The van der Waals surface area contributed by atoms with E-state index in [-0.39, 0.29) is 23.3 Å². The summed E-state index contributed by atoms with van der Waals surface area (Å²) >= 11 is 0. The molecule has 1 aromatic carbocycles. The van der Waals surface area contributed by atoms with Gasteiger partial charge in [0.15, 0.2) is 0 Å². The number of ether oxygens (including phenoxy) is 1. The zero-order chi connectivity index (χ0) is 14.5. The van der Waals surface area contributed by atoms with Crippen molar-refractivity contribution in [3.8, 4) is 5.75 Å². The lowest BCUT2D eigenvalue weighted by molar-refractivity contribution is 0.279. The van der Waals surface area contributed by atoms with Gasteiger partial charge in [-0.05, 0) is 31.9 Å². The number of rotatable bonds is 7. The molecule has 0 saturated heterocycles. The van der Waals surface area contributed by atoms with E-state index in [0.717, 1.165) is 0 Å². The Kier molecular flexibility index (Phi) is 5.59. The quantitative estimate of drug-likeness (QED) is 0.642. The molecule has 0 heterocycles. The average Bonchev–Trinajstić information content (AvgIpc) is 2.35. The molecule has 7 heteroatoms. The van der Waals surface area contributed by atoms with Crippen LogP contribution in [0.2, 0.25) is 0 Å². The molecule has 4 N–H and O–H groups in total. The molecule has 0 radical (unpaired) electrons. The van der Waals surface area contributed by atoms with E-state index >= 15 is 0 Å². The highest BCUT2D eigenvalue weighted by molar-refractivity contribution is 7.89. The Hall–Kier alpha value is -1.31. The van der Waals surface area contributed by atoms with Gasteiger partial charge in [-0.25, -0.2) is 13.1 Å². The monoisotopic (exact) mass is 288 g/mol. The number of nitrogens with one attached hydrogen (secondary N) is 1. The summed E-state index contributed by atoms with van der Waals surface area (Å²) in [7, 11) is -2.27. The standard InChI is InChI=1S/C12H20N2O4S/c1-9(4-3-7-15)14-19(16,17)12-6-5-10(13)8-11(12)18-2/h5-6,8-9,14-15H,3-4,7,13H2,1-2H3. The van der Waals surface area contributed by atoms with Crippen LogP contribution in [0.3, 0.4) is 0 Å². The number of benzene rings is 1. The molecule has 108 valence electrons. The van der Waals surface area contributed by atoms with E-state index in [2.05, 4.69) is 4.72 Å². The molecule has 1 rings (SSSR count). The number of hydrogen-bond donors (Lipinski definition) is 3. The van der Waals surface area contributed by atoms with Gasteiger partial charge in [-0.3, -0.25) is 0 Å². The van der Waals surface area contributed by atoms with E-state index in [0.29, 0.717) is 18.5 Å². The Bertz CT molecular complexity index is 516. The van der Waals surface area contributed by atoms with Crippen LogP contribution in [-0.4, -0.2) is 33.3 Å². The largest absolute Gasteiger partial charge is 0.495 e. The van der Waals surface area contributed by atoms with Crippen LogP contribution in [0.1, 0.15) is 19.8 Å². The van der Waals surface area contributed by atoms with Gasteiger partial charge in [0.05, 0.1) is 7.11 Å². The summed E-state index contributed by atoms with van der Waals surface area (Å²) in [6.45, 7) is 1.79. The Labute approximate surface area is 113 Å². The SMILES string of the molecule is COc1cc(N)ccc1S(=O)(=O)NC(C)CCCO. The van der Waals surface area contributed by atoms with Gasteiger partial charge < -0.3 is 15.6 Å². The van der Waals surface area contributed by atoms with Crippen LogP contribution in [0, 0.1) is 0 Å². The first-order chi connectivity index (χ1) is 8.90. The van der Waals surface area contributed by atoms with Crippen molar-refractivity contribution in [3.05, 3.63) is 18.2 Å². The summed E-state index contributed by atoms with van der Waals surface area (Å²) in [4.78, 5) is 0.0556. The van der Waals surface area contributed by atoms with Gasteiger partial charge in [-0.2, -0.15) is 0 Å². The van der Waals surface area contributed by atoms with Gasteiger partial charge in [-0.15, -0.1) is 0 Å². The number of sulfonamides is 1. The van der Waals surface area contributed by atoms with Gasteiger partial charge in [-0.1, -0.05) is 0 Å². The number of hydrogen-bond acceptors (Lipinski definition) is 5. The van der Waals surface area contributed by atoms with Crippen molar-refractivity contribution in [1.82, 2.24) is 4.72 Å². The van der Waals surface area contributed by atoms with E-state index in [9.17, 15) is 8.42 Å². The van der Waals surface area contributed by atoms with Gasteiger partial charge in [0.1, 0.15) is 10.6 Å². The van der Waals surface area contributed by atoms with Crippen LogP contribution >= 0.6 is 0 Å². The number of aliphatic hydroxyl groups excluding tert-OH is 1. The van der Waals surface area contributed by atoms with E-state index in [1.807, 2.05) is 0 Å². The summed E-state index contributed by atoms with van der Waals surface area (Å²) in [5.74, 6) is 0.210. The molecule has 0 spiro atoms. The van der Waals surface area contributed by atoms with Crippen LogP contribution in [0.15, 0.2) is 23.1 Å². The third-order valence-electron chi connectivity index (χ3n) is 2.63. The lowest BCUT2D eigenvalue weighted by Crippen LogP contribution is -2.33. The van der Waals surface area contributed by atoms with Crippen molar-refractivity contribution in [2.75, 3.05) is 19.5 Å². The average molecular weight is 288 g/mol. The number of anilines is 1. The first-order valence-corrected chi connectivity index (χ1v) is 7.45. The van der Waals surface area contributed by atoms with Crippen LogP contribution in [0.4, 0.5) is 5.69 Å². The predicted octanol–water partition coefficient (Wildman–Crippen LogP) is 0.717. The molecule has 0 aliphatic rings. The molecule has 0 amide bonds. The van der Waals surface area contributed by atoms with Crippen molar-refractivity contribution in [2.24, 2.45) is 0 Å². The molecule has 0 bridgehead atoms. The fourth-order valence-electron chi connectivity index (χ4n) is 1.69. The maximum atomic E-state index is 12.2. The van der Waals surface area contributed by atoms with Crippen LogP contribution < -0.4 is 15.2 Å².